The van der Waals surface area contributed by atoms with Crippen molar-refractivity contribution in [2.45, 2.75) is 6.42 Å². The zero-order chi connectivity index (χ0) is 13.7. The zero-order valence-electron chi connectivity index (χ0n) is 9.70. The fraction of sp³-hybridized carbons (Fsp3) is 0.182. The van der Waals surface area contributed by atoms with Gasteiger partial charge in [-0.15, -0.1) is 0 Å². The van der Waals surface area contributed by atoms with Crippen LogP contribution in [-0.4, -0.2) is 21.7 Å². The van der Waals surface area contributed by atoms with E-state index in [0.717, 1.165) is 5.39 Å². The molecule has 1 N–H and O–H groups in total. The van der Waals surface area contributed by atoms with Crippen LogP contribution in [0.15, 0.2) is 23.3 Å². The van der Waals surface area contributed by atoms with Crippen LogP contribution in [0, 0.1) is 22.0 Å². The van der Waals surface area contributed by atoms with Crippen LogP contribution < -0.4 is 0 Å². The minimum atomic E-state index is -0.473. The van der Waals surface area contributed by atoms with Crippen molar-refractivity contribution in [3.05, 3.63) is 44.5 Å². The number of non-ortho nitro benzene ring substituents is 1. The molecule has 0 aliphatic heterocycles. The first-order chi connectivity index (χ1) is 9.22. The molecule has 19 heavy (non-hydrogen) atoms. The van der Waals surface area contributed by atoms with Gasteiger partial charge in [-0.2, -0.15) is 5.10 Å². The number of fused-ring (bicyclic) bond motifs is 1. The number of aromatic amines is 1. The molecule has 8 heteroatoms. The van der Waals surface area contributed by atoms with E-state index in [9.17, 15) is 10.1 Å². The number of benzene rings is 1. The van der Waals surface area contributed by atoms with E-state index in [1.54, 1.807) is 6.07 Å². The number of aromatic nitrogens is 2. The Morgan fingerprint density at radius 2 is 2.42 bits per heavy atom. The molecule has 1 aromatic carbocycles. The number of azide groups is 1. The van der Waals surface area contributed by atoms with Gasteiger partial charge in [-0.25, -0.2) is 0 Å². The quantitative estimate of drug-likeness (QED) is 0.173. The number of nitro benzene ring substituents is 1. The summed E-state index contributed by atoms with van der Waals surface area (Å²) in [6, 6.07) is 4.40. The van der Waals surface area contributed by atoms with Gasteiger partial charge in [-0.05, 0) is 17.5 Å². The van der Waals surface area contributed by atoms with Crippen LogP contribution >= 0.6 is 0 Å². The first-order valence-corrected chi connectivity index (χ1v) is 5.34. The minimum absolute atomic E-state index is 0.0122. The summed E-state index contributed by atoms with van der Waals surface area (Å²) in [6.07, 6.45) is 0.442. The number of nitrogens with zero attached hydrogens (tertiary/aromatic N) is 5. The fourth-order valence-corrected chi connectivity index (χ4v) is 1.51. The predicted molar refractivity (Wildman–Crippen MR) is 68.3 cm³/mol. The molecule has 0 fully saturated rings. The molecule has 0 aliphatic carbocycles. The zero-order valence-corrected chi connectivity index (χ0v) is 9.70. The Morgan fingerprint density at radius 3 is 3.16 bits per heavy atom. The Labute approximate surface area is 107 Å². The summed E-state index contributed by atoms with van der Waals surface area (Å²) in [4.78, 5) is 12.8. The van der Waals surface area contributed by atoms with Crippen molar-refractivity contribution in [1.82, 2.24) is 10.2 Å². The summed E-state index contributed by atoms with van der Waals surface area (Å²) in [6.45, 7) is 0.307. The van der Waals surface area contributed by atoms with Crippen LogP contribution in [0.5, 0.6) is 0 Å². The summed E-state index contributed by atoms with van der Waals surface area (Å²) in [5, 5.41) is 21.4. The van der Waals surface area contributed by atoms with Crippen LogP contribution in [0.25, 0.3) is 21.3 Å². The smallest absolute Gasteiger partial charge is 0.269 e. The van der Waals surface area contributed by atoms with Crippen LogP contribution in [-0.2, 0) is 0 Å². The van der Waals surface area contributed by atoms with Crippen molar-refractivity contribution >= 4 is 16.6 Å². The first-order valence-electron chi connectivity index (χ1n) is 5.34. The topological polar surface area (TPSA) is 121 Å². The normalized spacial score (nSPS) is 9.47. The van der Waals surface area contributed by atoms with Gasteiger partial charge < -0.3 is 0 Å². The molecule has 0 radical (unpaired) electrons. The monoisotopic (exact) mass is 256 g/mol. The molecule has 0 saturated heterocycles. The molecule has 1 heterocycles. The highest BCUT2D eigenvalue weighted by atomic mass is 16.6. The van der Waals surface area contributed by atoms with E-state index in [-0.39, 0.29) is 5.69 Å². The van der Waals surface area contributed by atoms with E-state index in [1.165, 1.54) is 12.1 Å². The fourth-order valence-electron chi connectivity index (χ4n) is 1.51. The van der Waals surface area contributed by atoms with E-state index >= 15 is 0 Å². The number of nitro groups is 1. The summed E-state index contributed by atoms with van der Waals surface area (Å²) in [7, 11) is 0. The number of H-pyrrole nitrogens is 1. The van der Waals surface area contributed by atoms with E-state index in [0.29, 0.717) is 24.2 Å². The van der Waals surface area contributed by atoms with Crippen LogP contribution in [0.2, 0.25) is 0 Å². The van der Waals surface area contributed by atoms with Gasteiger partial charge in [0.2, 0.25) is 0 Å². The molecule has 0 amide bonds. The summed E-state index contributed by atoms with van der Waals surface area (Å²) in [5.41, 5.74) is 9.17. The maximum absolute atomic E-state index is 10.6. The van der Waals surface area contributed by atoms with E-state index < -0.39 is 4.92 Å². The molecule has 2 aromatic rings. The Hall–Kier alpha value is -3.04. The summed E-state index contributed by atoms with van der Waals surface area (Å²) < 4.78 is 0. The molecule has 0 spiro atoms. The molecule has 0 bridgehead atoms. The Bertz CT molecular complexity index is 732. The SMILES string of the molecule is [N-]=[N+]=NCCC#Cc1[nH]nc2cc([N+](=O)[O-])ccc12. The second kappa shape index (κ2) is 5.53. The van der Waals surface area contributed by atoms with Gasteiger partial charge in [-0.3, -0.25) is 15.2 Å². The number of hydrogen-bond acceptors (Lipinski definition) is 4. The second-order valence-electron chi connectivity index (χ2n) is 3.56. The third-order valence-electron chi connectivity index (χ3n) is 2.36. The maximum atomic E-state index is 10.6. The third-order valence-corrected chi connectivity index (χ3v) is 2.36. The van der Waals surface area contributed by atoms with Gasteiger partial charge in [0.25, 0.3) is 5.69 Å². The predicted octanol–water partition coefficient (Wildman–Crippen LogP) is 2.52. The van der Waals surface area contributed by atoms with Crippen LogP contribution in [0.4, 0.5) is 5.69 Å². The van der Waals surface area contributed by atoms with Crippen LogP contribution in [0.1, 0.15) is 12.1 Å². The van der Waals surface area contributed by atoms with Gasteiger partial charge in [0.15, 0.2) is 0 Å². The van der Waals surface area contributed by atoms with E-state index in [2.05, 4.69) is 32.1 Å². The van der Waals surface area contributed by atoms with Crippen molar-refractivity contribution in [3.8, 4) is 11.8 Å². The second-order valence-corrected chi connectivity index (χ2v) is 3.56. The maximum Gasteiger partial charge on any atom is 0.271 e. The Morgan fingerprint density at radius 1 is 1.58 bits per heavy atom. The Kier molecular flexibility index (Phi) is 3.61. The molecule has 94 valence electrons. The van der Waals surface area contributed by atoms with Crippen molar-refractivity contribution in [2.24, 2.45) is 5.11 Å². The van der Waals surface area contributed by atoms with Gasteiger partial charge >= 0.3 is 0 Å². The lowest BCUT2D eigenvalue weighted by Gasteiger charge is -1.90. The van der Waals surface area contributed by atoms with Gasteiger partial charge in [-0.1, -0.05) is 11.0 Å². The molecular weight excluding hydrogens is 248 g/mol. The molecule has 0 unspecified atom stereocenters. The van der Waals surface area contributed by atoms with Crippen molar-refractivity contribution < 1.29 is 4.92 Å². The molecule has 8 nitrogen and oxygen atoms in total. The van der Waals surface area contributed by atoms with Crippen molar-refractivity contribution in [2.75, 3.05) is 6.54 Å². The highest BCUT2D eigenvalue weighted by molar-refractivity contribution is 5.85. The molecular formula is C11H8N6O2. The summed E-state index contributed by atoms with van der Waals surface area (Å²) >= 11 is 0. The minimum Gasteiger partial charge on any atom is -0.269 e. The standard InChI is InChI=1S/C11H8N6O2/c12-16-13-6-2-1-3-10-9-5-4-8(17(18)19)7-11(9)15-14-10/h4-5,7H,2,6H2,(H,14,15). The molecule has 0 saturated carbocycles. The van der Waals surface area contributed by atoms with Crippen LogP contribution in [0.3, 0.4) is 0 Å². The number of nitrogens with one attached hydrogen (secondary N) is 1. The molecule has 0 atom stereocenters. The molecule has 0 aliphatic rings. The van der Waals surface area contributed by atoms with Gasteiger partial charge in [0.1, 0.15) is 11.2 Å². The lowest BCUT2D eigenvalue weighted by atomic mass is 10.2. The largest absolute Gasteiger partial charge is 0.271 e. The van der Waals surface area contributed by atoms with Crippen molar-refractivity contribution in [1.29, 1.82) is 0 Å². The average Bonchev–Trinajstić information content (AvgIpc) is 2.81. The lowest BCUT2D eigenvalue weighted by molar-refractivity contribution is -0.384. The highest BCUT2D eigenvalue weighted by Crippen LogP contribution is 2.20. The molecule has 1 aromatic heterocycles. The molecule has 2 rings (SSSR count). The van der Waals surface area contributed by atoms with E-state index in [4.69, 9.17) is 5.53 Å². The number of hydrogen-bond donors (Lipinski definition) is 1. The van der Waals surface area contributed by atoms with E-state index in [1.807, 2.05) is 0 Å². The van der Waals surface area contributed by atoms with Crippen molar-refractivity contribution in [3.63, 3.8) is 0 Å². The van der Waals surface area contributed by atoms with Gasteiger partial charge in [0.05, 0.1) is 4.92 Å². The average molecular weight is 256 g/mol. The highest BCUT2D eigenvalue weighted by Gasteiger charge is 2.09. The lowest BCUT2D eigenvalue weighted by Crippen LogP contribution is -1.86. The first kappa shape index (κ1) is 12.4. The summed E-state index contributed by atoms with van der Waals surface area (Å²) in [5.74, 6) is 5.69. The Balaban J connectivity index is 2.25. The number of rotatable bonds is 3. The van der Waals surface area contributed by atoms with Gasteiger partial charge in [0, 0.05) is 35.4 Å². The third kappa shape index (κ3) is 2.80.